The van der Waals surface area contributed by atoms with E-state index in [1.165, 1.54) is 0 Å². The number of H-pyrrole nitrogens is 1. The Hall–Kier alpha value is -1.16. The van der Waals surface area contributed by atoms with Gasteiger partial charge in [-0.25, -0.2) is 4.98 Å². The standard InChI is InChI=1S/C9H15N3O/c1-6(2)9(13)8(10)3-7-4-11-5-12-7/h4-6,8H,3,10H2,1-2H3,(H,11,12)/t8-/m1/s1. The van der Waals surface area contributed by atoms with E-state index in [-0.39, 0.29) is 11.7 Å². The normalized spacial score (nSPS) is 13.2. The summed E-state index contributed by atoms with van der Waals surface area (Å²) >= 11 is 0. The molecule has 1 rings (SSSR count). The van der Waals surface area contributed by atoms with Gasteiger partial charge in [0.25, 0.3) is 0 Å². The van der Waals surface area contributed by atoms with Gasteiger partial charge in [-0.15, -0.1) is 0 Å². The fraction of sp³-hybridized carbons (Fsp3) is 0.556. The molecule has 0 saturated heterocycles. The lowest BCUT2D eigenvalue weighted by molar-refractivity contribution is -0.123. The van der Waals surface area contributed by atoms with Crippen LogP contribution in [0.1, 0.15) is 19.5 Å². The van der Waals surface area contributed by atoms with Crippen LogP contribution >= 0.6 is 0 Å². The first-order valence-corrected chi connectivity index (χ1v) is 4.38. The van der Waals surface area contributed by atoms with Crippen molar-refractivity contribution in [3.8, 4) is 0 Å². The highest BCUT2D eigenvalue weighted by atomic mass is 16.1. The second kappa shape index (κ2) is 4.18. The lowest BCUT2D eigenvalue weighted by atomic mass is 9.99. The Morgan fingerprint density at radius 1 is 1.69 bits per heavy atom. The van der Waals surface area contributed by atoms with Crippen molar-refractivity contribution in [2.45, 2.75) is 26.3 Å². The van der Waals surface area contributed by atoms with Crippen LogP contribution in [-0.2, 0) is 11.2 Å². The summed E-state index contributed by atoms with van der Waals surface area (Å²) in [6.07, 6.45) is 3.81. The van der Waals surface area contributed by atoms with Crippen molar-refractivity contribution >= 4 is 5.78 Å². The van der Waals surface area contributed by atoms with Crippen LogP contribution < -0.4 is 5.73 Å². The van der Waals surface area contributed by atoms with Crippen LogP contribution in [0.5, 0.6) is 0 Å². The summed E-state index contributed by atoms with van der Waals surface area (Å²) in [5, 5.41) is 0. The minimum atomic E-state index is -0.416. The van der Waals surface area contributed by atoms with E-state index in [9.17, 15) is 4.79 Å². The molecule has 1 heterocycles. The Bertz CT molecular complexity index is 266. The van der Waals surface area contributed by atoms with Gasteiger partial charge in [0.15, 0.2) is 5.78 Å². The van der Waals surface area contributed by atoms with Crippen LogP contribution in [-0.4, -0.2) is 21.8 Å². The van der Waals surface area contributed by atoms with Gasteiger partial charge in [0.1, 0.15) is 0 Å². The van der Waals surface area contributed by atoms with Crippen molar-refractivity contribution in [2.24, 2.45) is 11.7 Å². The molecular formula is C9H15N3O. The number of hydrogen-bond donors (Lipinski definition) is 2. The molecule has 0 unspecified atom stereocenters. The van der Waals surface area contributed by atoms with E-state index in [0.717, 1.165) is 5.69 Å². The fourth-order valence-corrected chi connectivity index (χ4v) is 1.16. The first-order chi connectivity index (χ1) is 6.11. The summed E-state index contributed by atoms with van der Waals surface area (Å²) in [4.78, 5) is 18.2. The van der Waals surface area contributed by atoms with Crippen LogP contribution in [0.2, 0.25) is 0 Å². The van der Waals surface area contributed by atoms with Gasteiger partial charge in [-0.1, -0.05) is 13.8 Å². The van der Waals surface area contributed by atoms with E-state index in [2.05, 4.69) is 9.97 Å². The van der Waals surface area contributed by atoms with Crippen molar-refractivity contribution in [3.05, 3.63) is 18.2 Å². The minimum absolute atomic E-state index is 0.00192. The molecule has 1 atom stereocenters. The Morgan fingerprint density at radius 2 is 2.38 bits per heavy atom. The maximum atomic E-state index is 11.4. The average molecular weight is 181 g/mol. The van der Waals surface area contributed by atoms with Crippen LogP contribution in [0.4, 0.5) is 0 Å². The predicted octanol–water partition coefficient (Wildman–Crippen LogP) is 0.505. The zero-order valence-corrected chi connectivity index (χ0v) is 7.95. The summed E-state index contributed by atoms with van der Waals surface area (Å²) in [6, 6.07) is -0.416. The molecule has 0 bridgehead atoms. The third-order valence-corrected chi connectivity index (χ3v) is 1.93. The van der Waals surface area contributed by atoms with Gasteiger partial charge in [0.2, 0.25) is 0 Å². The van der Waals surface area contributed by atoms with Crippen LogP contribution in [0, 0.1) is 5.92 Å². The van der Waals surface area contributed by atoms with Crippen molar-refractivity contribution in [1.29, 1.82) is 0 Å². The molecule has 0 fully saturated rings. The highest BCUT2D eigenvalue weighted by Crippen LogP contribution is 2.03. The van der Waals surface area contributed by atoms with E-state index in [1.807, 2.05) is 13.8 Å². The number of aromatic amines is 1. The highest BCUT2D eigenvalue weighted by Gasteiger charge is 2.17. The number of nitrogens with one attached hydrogen (secondary N) is 1. The van der Waals surface area contributed by atoms with E-state index in [4.69, 9.17) is 5.73 Å². The first kappa shape index (κ1) is 9.92. The number of carbonyl (C=O) groups is 1. The monoisotopic (exact) mass is 181 g/mol. The molecule has 0 aromatic carbocycles. The van der Waals surface area contributed by atoms with Gasteiger partial charge in [0, 0.05) is 24.2 Å². The van der Waals surface area contributed by atoms with Crippen LogP contribution in [0.3, 0.4) is 0 Å². The molecule has 0 spiro atoms. The second-order valence-corrected chi connectivity index (χ2v) is 3.44. The SMILES string of the molecule is CC(C)C(=O)[C@H](N)Cc1cnc[nH]1. The number of aromatic nitrogens is 2. The molecule has 4 nitrogen and oxygen atoms in total. The van der Waals surface area contributed by atoms with Gasteiger partial charge in [-0.05, 0) is 0 Å². The summed E-state index contributed by atoms with van der Waals surface area (Å²) in [6.45, 7) is 3.71. The quantitative estimate of drug-likeness (QED) is 0.710. The maximum Gasteiger partial charge on any atom is 0.152 e. The fourth-order valence-electron chi connectivity index (χ4n) is 1.16. The largest absolute Gasteiger partial charge is 0.348 e. The van der Waals surface area contributed by atoms with Gasteiger partial charge < -0.3 is 10.7 Å². The zero-order valence-electron chi connectivity index (χ0n) is 7.95. The number of hydrogen-bond acceptors (Lipinski definition) is 3. The van der Waals surface area contributed by atoms with Crippen molar-refractivity contribution in [3.63, 3.8) is 0 Å². The number of rotatable bonds is 4. The van der Waals surface area contributed by atoms with Crippen molar-refractivity contribution in [1.82, 2.24) is 9.97 Å². The number of ketones is 1. The van der Waals surface area contributed by atoms with E-state index < -0.39 is 6.04 Å². The Balaban J connectivity index is 2.51. The molecule has 1 aromatic rings. The number of Topliss-reactive ketones (excluding diaryl/α,β-unsaturated/α-hetero) is 1. The molecular weight excluding hydrogens is 166 g/mol. The summed E-state index contributed by atoms with van der Waals surface area (Å²) < 4.78 is 0. The molecule has 0 aliphatic heterocycles. The van der Waals surface area contributed by atoms with Gasteiger partial charge in [-0.3, -0.25) is 4.79 Å². The molecule has 3 N–H and O–H groups in total. The lowest BCUT2D eigenvalue weighted by Crippen LogP contribution is -2.35. The van der Waals surface area contributed by atoms with Crippen LogP contribution in [0.25, 0.3) is 0 Å². The minimum Gasteiger partial charge on any atom is -0.348 e. The molecule has 1 aromatic heterocycles. The maximum absolute atomic E-state index is 11.4. The molecule has 0 aliphatic carbocycles. The topological polar surface area (TPSA) is 71.8 Å². The Labute approximate surface area is 77.6 Å². The number of nitrogens with two attached hydrogens (primary N) is 1. The molecule has 0 amide bonds. The van der Waals surface area contributed by atoms with Crippen molar-refractivity contribution in [2.75, 3.05) is 0 Å². The van der Waals surface area contributed by atoms with Gasteiger partial charge in [-0.2, -0.15) is 0 Å². The number of imidazole rings is 1. The molecule has 13 heavy (non-hydrogen) atoms. The molecule has 72 valence electrons. The van der Waals surface area contributed by atoms with Gasteiger partial charge in [0.05, 0.1) is 12.4 Å². The van der Waals surface area contributed by atoms with Crippen molar-refractivity contribution < 1.29 is 4.79 Å². The van der Waals surface area contributed by atoms with Crippen LogP contribution in [0.15, 0.2) is 12.5 Å². The van der Waals surface area contributed by atoms with E-state index in [0.29, 0.717) is 6.42 Å². The third kappa shape index (κ3) is 2.66. The van der Waals surface area contributed by atoms with Gasteiger partial charge >= 0.3 is 0 Å². The molecule has 0 saturated carbocycles. The van der Waals surface area contributed by atoms with E-state index in [1.54, 1.807) is 12.5 Å². The highest BCUT2D eigenvalue weighted by molar-refractivity contribution is 5.85. The van der Waals surface area contributed by atoms with E-state index >= 15 is 0 Å². The molecule has 0 radical (unpaired) electrons. The third-order valence-electron chi connectivity index (χ3n) is 1.93. The summed E-state index contributed by atoms with van der Waals surface area (Å²) in [5.74, 6) is 0.0903. The summed E-state index contributed by atoms with van der Waals surface area (Å²) in [7, 11) is 0. The second-order valence-electron chi connectivity index (χ2n) is 3.44. The Morgan fingerprint density at radius 3 is 2.85 bits per heavy atom. The first-order valence-electron chi connectivity index (χ1n) is 4.38. The molecule has 4 heteroatoms. The number of carbonyl (C=O) groups excluding carboxylic acids is 1. The Kier molecular flexibility index (Phi) is 3.19. The molecule has 0 aliphatic rings. The predicted molar refractivity (Wildman–Crippen MR) is 50.1 cm³/mol. The number of nitrogens with zero attached hydrogens (tertiary/aromatic N) is 1. The lowest BCUT2D eigenvalue weighted by Gasteiger charge is -2.11. The summed E-state index contributed by atoms with van der Waals surface area (Å²) in [5.41, 5.74) is 6.62. The zero-order chi connectivity index (χ0) is 9.84. The average Bonchev–Trinajstić information content (AvgIpc) is 2.55. The smallest absolute Gasteiger partial charge is 0.152 e.